The van der Waals surface area contributed by atoms with Crippen LogP contribution in [-0.4, -0.2) is 35.3 Å². The van der Waals surface area contributed by atoms with Crippen LogP contribution in [-0.2, 0) is 0 Å². The number of carboxylic acids is 1. The zero-order valence-corrected chi connectivity index (χ0v) is 19.7. The van der Waals surface area contributed by atoms with E-state index in [0.29, 0.717) is 23.4 Å². The number of carbonyl (C=O) groups excluding carboxylic acids is 3. The van der Waals surface area contributed by atoms with Gasteiger partial charge in [0.25, 0.3) is 11.8 Å². The third-order valence-corrected chi connectivity index (χ3v) is 5.30. The Bertz CT molecular complexity index is 1310. The molecule has 3 amide bonds. The Morgan fingerprint density at radius 2 is 1.54 bits per heavy atom. The molecule has 8 heteroatoms. The van der Waals surface area contributed by atoms with Crippen molar-refractivity contribution in [2.45, 2.75) is 20.8 Å². The van der Waals surface area contributed by atoms with E-state index in [0.717, 1.165) is 5.56 Å². The van der Waals surface area contributed by atoms with Crippen LogP contribution in [0.3, 0.4) is 0 Å². The van der Waals surface area contributed by atoms with Gasteiger partial charge in [-0.1, -0.05) is 43.7 Å². The van der Waals surface area contributed by atoms with E-state index in [4.69, 9.17) is 5.73 Å². The van der Waals surface area contributed by atoms with Crippen LogP contribution in [0.2, 0.25) is 0 Å². The Balaban J connectivity index is 2.02. The second kappa shape index (κ2) is 10.6. The van der Waals surface area contributed by atoms with Crippen LogP contribution in [0.4, 0.5) is 5.69 Å². The van der Waals surface area contributed by atoms with Crippen molar-refractivity contribution in [2.75, 3.05) is 11.9 Å². The molecule has 0 bridgehead atoms. The molecular formula is C27H27N3O5. The van der Waals surface area contributed by atoms with Crippen molar-refractivity contribution in [3.8, 4) is 11.1 Å². The number of primary amides is 1. The molecular weight excluding hydrogens is 446 g/mol. The van der Waals surface area contributed by atoms with Gasteiger partial charge in [-0.05, 0) is 60.4 Å². The number of carbonyl (C=O) groups is 4. The number of amides is 3. The van der Waals surface area contributed by atoms with E-state index in [-0.39, 0.29) is 34.1 Å². The molecule has 3 aromatic carbocycles. The molecule has 0 aliphatic rings. The van der Waals surface area contributed by atoms with Gasteiger partial charge in [-0.25, -0.2) is 4.79 Å². The number of nitrogens with one attached hydrogen (secondary N) is 2. The van der Waals surface area contributed by atoms with Crippen molar-refractivity contribution in [2.24, 2.45) is 11.7 Å². The number of aryl methyl sites for hydroxylation is 1. The quantitative estimate of drug-likeness (QED) is 0.390. The minimum absolute atomic E-state index is 0.101. The molecule has 0 unspecified atom stereocenters. The minimum atomic E-state index is -1.22. The smallest absolute Gasteiger partial charge is 0.336 e. The number of hydrogen-bond donors (Lipinski definition) is 4. The fourth-order valence-corrected chi connectivity index (χ4v) is 3.53. The van der Waals surface area contributed by atoms with Crippen molar-refractivity contribution >= 4 is 29.4 Å². The van der Waals surface area contributed by atoms with E-state index < -0.39 is 17.8 Å². The van der Waals surface area contributed by atoms with Gasteiger partial charge in [0.15, 0.2) is 0 Å². The number of aromatic carboxylic acids is 1. The van der Waals surface area contributed by atoms with Crippen molar-refractivity contribution < 1.29 is 24.3 Å². The van der Waals surface area contributed by atoms with Gasteiger partial charge in [-0.2, -0.15) is 0 Å². The predicted octanol–water partition coefficient (Wildman–Crippen LogP) is 4.10. The largest absolute Gasteiger partial charge is 0.478 e. The van der Waals surface area contributed by atoms with Crippen molar-refractivity contribution in [3.63, 3.8) is 0 Å². The fourth-order valence-electron chi connectivity index (χ4n) is 3.53. The molecule has 0 heterocycles. The maximum Gasteiger partial charge on any atom is 0.336 e. The molecule has 35 heavy (non-hydrogen) atoms. The Kier molecular flexibility index (Phi) is 7.66. The Morgan fingerprint density at radius 3 is 2.20 bits per heavy atom. The summed E-state index contributed by atoms with van der Waals surface area (Å²) in [6.07, 6.45) is 0. The molecule has 3 rings (SSSR count). The fraction of sp³-hybridized carbons (Fsp3) is 0.185. The van der Waals surface area contributed by atoms with Gasteiger partial charge in [0.1, 0.15) is 0 Å². The molecule has 0 spiro atoms. The van der Waals surface area contributed by atoms with E-state index >= 15 is 0 Å². The summed E-state index contributed by atoms with van der Waals surface area (Å²) in [6.45, 7) is 6.19. The van der Waals surface area contributed by atoms with Gasteiger partial charge in [0.2, 0.25) is 5.91 Å². The highest BCUT2D eigenvalue weighted by atomic mass is 16.4. The molecule has 5 N–H and O–H groups in total. The van der Waals surface area contributed by atoms with Crippen molar-refractivity contribution in [1.82, 2.24) is 5.32 Å². The minimum Gasteiger partial charge on any atom is -0.478 e. The average molecular weight is 474 g/mol. The first-order valence-corrected chi connectivity index (χ1v) is 11.0. The number of rotatable bonds is 8. The van der Waals surface area contributed by atoms with Gasteiger partial charge in [0, 0.05) is 28.9 Å². The number of carboxylic acid groups (broad SMARTS) is 1. The summed E-state index contributed by atoms with van der Waals surface area (Å²) in [5, 5.41) is 15.4. The molecule has 8 nitrogen and oxygen atoms in total. The maximum atomic E-state index is 13.2. The second-order valence-electron chi connectivity index (χ2n) is 8.62. The molecule has 0 aliphatic heterocycles. The highest BCUT2D eigenvalue weighted by Crippen LogP contribution is 2.30. The average Bonchev–Trinajstić information content (AvgIpc) is 2.82. The zero-order chi connectivity index (χ0) is 25.7. The van der Waals surface area contributed by atoms with Crippen LogP contribution in [0, 0.1) is 12.8 Å². The summed E-state index contributed by atoms with van der Waals surface area (Å²) >= 11 is 0. The molecule has 3 aromatic rings. The number of benzene rings is 3. The predicted molar refractivity (Wildman–Crippen MR) is 134 cm³/mol. The Morgan fingerprint density at radius 1 is 0.857 bits per heavy atom. The first-order chi connectivity index (χ1) is 16.6. The van der Waals surface area contributed by atoms with Crippen molar-refractivity contribution in [1.29, 1.82) is 0 Å². The normalized spacial score (nSPS) is 10.6. The van der Waals surface area contributed by atoms with Gasteiger partial charge in [-0.3, -0.25) is 14.4 Å². The maximum absolute atomic E-state index is 13.2. The summed E-state index contributed by atoms with van der Waals surface area (Å²) in [6, 6.07) is 15.7. The first kappa shape index (κ1) is 25.2. The molecule has 0 saturated heterocycles. The van der Waals surface area contributed by atoms with Gasteiger partial charge in [0.05, 0.1) is 5.56 Å². The highest BCUT2D eigenvalue weighted by molar-refractivity contribution is 6.11. The molecule has 0 aromatic heterocycles. The zero-order valence-electron chi connectivity index (χ0n) is 19.7. The third kappa shape index (κ3) is 6.11. The lowest BCUT2D eigenvalue weighted by atomic mass is 9.92. The van der Waals surface area contributed by atoms with Crippen LogP contribution >= 0.6 is 0 Å². The van der Waals surface area contributed by atoms with E-state index in [2.05, 4.69) is 10.6 Å². The number of hydrogen-bond acceptors (Lipinski definition) is 4. The summed E-state index contributed by atoms with van der Waals surface area (Å²) in [5.74, 6) is -2.46. The van der Waals surface area contributed by atoms with Gasteiger partial charge < -0.3 is 21.5 Å². The second-order valence-corrected chi connectivity index (χ2v) is 8.62. The SMILES string of the molecule is Cc1ccc(-c2ccc(C(=O)NCC(C)C)cc2C(=O)O)c(C(=O)Nc2cccc(C(N)=O)c2)c1. The lowest BCUT2D eigenvalue weighted by molar-refractivity contribution is 0.0697. The summed E-state index contributed by atoms with van der Waals surface area (Å²) in [5.41, 5.74) is 7.78. The molecule has 180 valence electrons. The molecule has 0 fully saturated rings. The van der Waals surface area contributed by atoms with Crippen LogP contribution in [0.1, 0.15) is 60.8 Å². The van der Waals surface area contributed by atoms with Crippen LogP contribution in [0.25, 0.3) is 11.1 Å². The van der Waals surface area contributed by atoms with Gasteiger partial charge in [-0.15, -0.1) is 0 Å². The monoisotopic (exact) mass is 473 g/mol. The van der Waals surface area contributed by atoms with E-state index in [1.807, 2.05) is 20.8 Å². The van der Waals surface area contributed by atoms with E-state index in [9.17, 15) is 24.3 Å². The first-order valence-electron chi connectivity index (χ1n) is 11.0. The lowest BCUT2D eigenvalue weighted by Crippen LogP contribution is -2.27. The highest BCUT2D eigenvalue weighted by Gasteiger charge is 2.21. The standard InChI is InChI=1S/C27H27N3O5/c1-15(2)14-29-25(32)18-8-10-21(23(13-18)27(34)35)20-9-7-16(3)11-22(20)26(33)30-19-6-4-5-17(12-19)24(28)31/h4-13,15H,14H2,1-3H3,(H2,28,31)(H,29,32)(H,30,33)(H,34,35). The van der Waals surface area contributed by atoms with Crippen molar-refractivity contribution in [3.05, 3.63) is 88.5 Å². The summed E-state index contributed by atoms with van der Waals surface area (Å²) in [4.78, 5) is 49.2. The summed E-state index contributed by atoms with van der Waals surface area (Å²) < 4.78 is 0. The number of anilines is 1. The van der Waals surface area contributed by atoms with Gasteiger partial charge >= 0.3 is 5.97 Å². The molecule has 0 saturated carbocycles. The van der Waals surface area contributed by atoms with E-state index in [1.165, 1.54) is 30.3 Å². The Labute approximate surface area is 203 Å². The van der Waals surface area contributed by atoms with Crippen LogP contribution in [0.15, 0.2) is 60.7 Å². The lowest BCUT2D eigenvalue weighted by Gasteiger charge is -2.15. The molecule has 0 radical (unpaired) electrons. The number of nitrogens with two attached hydrogens (primary N) is 1. The van der Waals surface area contributed by atoms with Crippen LogP contribution in [0.5, 0.6) is 0 Å². The molecule has 0 aliphatic carbocycles. The van der Waals surface area contributed by atoms with Crippen LogP contribution < -0.4 is 16.4 Å². The van der Waals surface area contributed by atoms with E-state index in [1.54, 1.807) is 30.3 Å². The molecule has 0 atom stereocenters. The summed E-state index contributed by atoms with van der Waals surface area (Å²) in [7, 11) is 0. The third-order valence-electron chi connectivity index (χ3n) is 5.30. The Hall–Kier alpha value is -4.46. The topological polar surface area (TPSA) is 139 Å².